The van der Waals surface area contributed by atoms with Crippen LogP contribution in [-0.2, 0) is 30.2 Å². The molecule has 2 aromatic heterocycles. The van der Waals surface area contributed by atoms with Crippen LogP contribution in [0.5, 0.6) is 0 Å². The van der Waals surface area contributed by atoms with Crippen LogP contribution in [0, 0.1) is 0 Å². The zero-order valence-corrected chi connectivity index (χ0v) is 19.8. The fraction of sp³-hybridized carbons (Fsp3) is 0.571. The van der Waals surface area contributed by atoms with Crippen molar-refractivity contribution < 1.29 is 22.8 Å². The summed E-state index contributed by atoms with van der Waals surface area (Å²) in [5.74, 6) is 1.05. The number of anilines is 1. The summed E-state index contributed by atoms with van der Waals surface area (Å²) in [5.41, 5.74) is -0.156. The Morgan fingerprint density at radius 3 is 2.62 bits per heavy atom. The molecule has 4 heterocycles. The molecule has 4 rings (SSSR count). The van der Waals surface area contributed by atoms with Crippen LogP contribution in [0.3, 0.4) is 0 Å². The summed E-state index contributed by atoms with van der Waals surface area (Å²) in [7, 11) is 2.87. The first kappa shape index (κ1) is 24.8. The van der Waals surface area contributed by atoms with Crippen molar-refractivity contribution in [1.29, 1.82) is 0 Å². The SMILES string of the molecule is CNc1sc2c(c1C(=O)c1cnn(C)c1C(F)(F)F)CCSC2.O=CCN1CCCCC1. The van der Waals surface area contributed by atoms with Crippen molar-refractivity contribution in [3.8, 4) is 0 Å². The highest BCUT2D eigenvalue weighted by atomic mass is 32.2. The number of thioether (sulfide) groups is 1. The Bertz CT molecular complexity index is 950. The van der Waals surface area contributed by atoms with Crippen LogP contribution >= 0.6 is 23.1 Å². The molecule has 1 saturated heterocycles. The number of thiophene rings is 1. The van der Waals surface area contributed by atoms with E-state index in [-0.39, 0.29) is 0 Å². The third kappa shape index (κ3) is 5.55. The second kappa shape index (κ2) is 10.8. The van der Waals surface area contributed by atoms with Gasteiger partial charge in [0.15, 0.2) is 11.5 Å². The van der Waals surface area contributed by atoms with Crippen molar-refractivity contribution in [1.82, 2.24) is 14.7 Å². The molecule has 0 spiro atoms. The van der Waals surface area contributed by atoms with Gasteiger partial charge in [0.05, 0.1) is 28.9 Å². The summed E-state index contributed by atoms with van der Waals surface area (Å²) in [4.78, 5) is 26.1. The Morgan fingerprint density at radius 1 is 1.28 bits per heavy atom. The first-order chi connectivity index (χ1) is 15.3. The van der Waals surface area contributed by atoms with Gasteiger partial charge in [0.2, 0.25) is 0 Å². The highest BCUT2D eigenvalue weighted by Gasteiger charge is 2.40. The third-order valence-corrected chi connectivity index (χ3v) is 7.93. The van der Waals surface area contributed by atoms with Crippen LogP contribution in [0.4, 0.5) is 18.2 Å². The largest absolute Gasteiger partial charge is 0.433 e. The number of carbonyl (C=O) groups is 2. The maximum atomic E-state index is 13.2. The summed E-state index contributed by atoms with van der Waals surface area (Å²) in [6, 6.07) is 0. The van der Waals surface area contributed by atoms with Crippen molar-refractivity contribution in [2.75, 3.05) is 37.8 Å². The average Bonchev–Trinajstić information content (AvgIpc) is 3.35. The minimum atomic E-state index is -4.62. The molecule has 1 fully saturated rings. The lowest BCUT2D eigenvalue weighted by molar-refractivity contribution is -0.144. The molecule has 0 aromatic carbocycles. The first-order valence-electron chi connectivity index (χ1n) is 10.5. The van der Waals surface area contributed by atoms with Crippen LogP contribution in [0.15, 0.2) is 6.20 Å². The second-order valence-corrected chi connectivity index (χ2v) is 9.86. The summed E-state index contributed by atoms with van der Waals surface area (Å²) < 4.78 is 40.4. The van der Waals surface area contributed by atoms with Crippen LogP contribution < -0.4 is 5.32 Å². The summed E-state index contributed by atoms with van der Waals surface area (Å²) in [5, 5.41) is 7.21. The quantitative estimate of drug-likeness (QED) is 0.502. The van der Waals surface area contributed by atoms with Crippen LogP contribution in [0.25, 0.3) is 0 Å². The van der Waals surface area contributed by atoms with Crippen LogP contribution in [-0.4, -0.2) is 59.2 Å². The van der Waals surface area contributed by atoms with Gasteiger partial charge in [-0.25, -0.2) is 0 Å². The van der Waals surface area contributed by atoms with Gasteiger partial charge in [-0.1, -0.05) is 6.42 Å². The maximum absolute atomic E-state index is 13.2. The Morgan fingerprint density at radius 2 is 2.00 bits per heavy atom. The Hall–Kier alpha value is -1.85. The molecule has 2 aromatic rings. The van der Waals surface area contributed by atoms with Gasteiger partial charge in [0.1, 0.15) is 6.29 Å². The van der Waals surface area contributed by atoms with Gasteiger partial charge >= 0.3 is 6.18 Å². The fourth-order valence-electron chi connectivity index (χ4n) is 3.97. The molecule has 0 amide bonds. The van der Waals surface area contributed by atoms with E-state index in [1.54, 1.807) is 18.8 Å². The molecule has 11 heteroatoms. The molecule has 2 aliphatic heterocycles. The van der Waals surface area contributed by atoms with E-state index in [1.807, 2.05) is 0 Å². The molecule has 1 N–H and O–H groups in total. The molecule has 2 aliphatic rings. The van der Waals surface area contributed by atoms with Crippen molar-refractivity contribution in [3.63, 3.8) is 0 Å². The van der Waals surface area contributed by atoms with Crippen molar-refractivity contribution >= 4 is 40.2 Å². The van der Waals surface area contributed by atoms with E-state index in [0.29, 0.717) is 28.2 Å². The number of nitrogens with zero attached hydrogens (tertiary/aromatic N) is 3. The molecule has 0 saturated carbocycles. The van der Waals surface area contributed by atoms with Gasteiger partial charge in [0, 0.05) is 24.7 Å². The molecule has 176 valence electrons. The number of nitrogens with one attached hydrogen (secondary N) is 1. The number of alkyl halides is 3. The maximum Gasteiger partial charge on any atom is 0.433 e. The highest BCUT2D eigenvalue weighted by molar-refractivity contribution is 7.98. The normalized spacial score (nSPS) is 16.7. The topological polar surface area (TPSA) is 67.2 Å². The number of likely N-dealkylation sites (tertiary alicyclic amines) is 1. The average molecular weight is 489 g/mol. The number of hydrogen-bond acceptors (Lipinski definition) is 7. The monoisotopic (exact) mass is 488 g/mol. The highest BCUT2D eigenvalue weighted by Crippen LogP contribution is 2.41. The van der Waals surface area contributed by atoms with Crippen molar-refractivity contribution in [2.24, 2.45) is 7.05 Å². The third-order valence-electron chi connectivity index (χ3n) is 5.51. The number of fused-ring (bicyclic) bond motifs is 1. The number of hydrogen-bond donors (Lipinski definition) is 1. The van der Waals surface area contributed by atoms with Gasteiger partial charge in [0.25, 0.3) is 0 Å². The lowest BCUT2D eigenvalue weighted by Crippen LogP contribution is -2.31. The molecule has 0 aliphatic carbocycles. The number of halogens is 3. The molecule has 32 heavy (non-hydrogen) atoms. The van der Waals surface area contributed by atoms with Crippen LogP contribution in [0.2, 0.25) is 0 Å². The zero-order valence-electron chi connectivity index (χ0n) is 18.1. The van der Waals surface area contributed by atoms with E-state index in [0.717, 1.165) is 47.5 Å². The summed E-state index contributed by atoms with van der Waals surface area (Å²) in [6.07, 6.45) is 1.96. The predicted molar refractivity (Wildman–Crippen MR) is 122 cm³/mol. The van der Waals surface area contributed by atoms with Gasteiger partial charge < -0.3 is 10.1 Å². The van der Waals surface area contributed by atoms with E-state index in [1.165, 1.54) is 37.6 Å². The summed E-state index contributed by atoms with van der Waals surface area (Å²) in [6.45, 7) is 2.89. The fourth-order valence-corrected chi connectivity index (χ4v) is 6.30. The lowest BCUT2D eigenvalue weighted by atomic mass is 9.98. The Kier molecular flexibility index (Phi) is 8.40. The van der Waals surface area contributed by atoms with E-state index in [4.69, 9.17) is 0 Å². The summed E-state index contributed by atoms with van der Waals surface area (Å²) >= 11 is 3.21. The number of rotatable bonds is 5. The number of carbonyl (C=O) groups excluding carboxylic acids is 2. The second-order valence-electron chi connectivity index (χ2n) is 7.65. The van der Waals surface area contributed by atoms with Crippen LogP contribution in [0.1, 0.15) is 51.3 Å². The van der Waals surface area contributed by atoms with Gasteiger partial charge in [-0.05, 0) is 43.7 Å². The number of piperidine rings is 1. The molecule has 0 radical (unpaired) electrons. The van der Waals surface area contributed by atoms with E-state index < -0.39 is 23.2 Å². The molecular formula is C21H27F3N4O2S2. The zero-order chi connectivity index (χ0) is 23.3. The molecular weight excluding hydrogens is 461 g/mol. The molecule has 0 unspecified atom stereocenters. The lowest BCUT2D eigenvalue weighted by Gasteiger charge is -2.23. The number of aryl methyl sites for hydroxylation is 1. The van der Waals surface area contributed by atoms with E-state index >= 15 is 0 Å². The van der Waals surface area contributed by atoms with E-state index in [2.05, 4.69) is 15.3 Å². The van der Waals surface area contributed by atoms with Gasteiger partial charge in [-0.2, -0.15) is 30.0 Å². The van der Waals surface area contributed by atoms with Gasteiger partial charge in [-0.15, -0.1) is 11.3 Å². The van der Waals surface area contributed by atoms with E-state index in [9.17, 15) is 22.8 Å². The standard InChI is InChI=1S/C14H14F3N3OS2.C7H13NO/c1-18-13-10(7-3-4-22-6-9(7)23-13)11(21)8-5-19-20(2)12(8)14(15,16)17;9-7-6-8-4-2-1-3-5-8/h5,18H,3-4,6H2,1-2H3;7H,1-6H2. The smallest absolute Gasteiger partial charge is 0.379 e. The number of aldehydes is 1. The Balaban J connectivity index is 0.000000269. The minimum Gasteiger partial charge on any atom is -0.379 e. The molecule has 0 bridgehead atoms. The van der Waals surface area contributed by atoms with Crippen molar-refractivity contribution in [3.05, 3.63) is 33.5 Å². The van der Waals surface area contributed by atoms with Gasteiger partial charge in [-0.3, -0.25) is 14.4 Å². The van der Waals surface area contributed by atoms with Crippen molar-refractivity contribution in [2.45, 2.75) is 37.6 Å². The first-order valence-corrected chi connectivity index (χ1v) is 12.4. The Labute approximate surface area is 193 Å². The molecule has 6 nitrogen and oxygen atoms in total. The number of ketones is 1. The molecule has 0 atom stereocenters. The predicted octanol–water partition coefficient (Wildman–Crippen LogP) is 4.23. The minimum absolute atomic E-state index is 0.367. The number of aromatic nitrogens is 2.